The Bertz CT molecular complexity index is 390. The second kappa shape index (κ2) is 5.05. The van der Waals surface area contributed by atoms with Crippen LogP contribution >= 0.6 is 0 Å². The molecule has 0 amide bonds. The van der Waals surface area contributed by atoms with Crippen LogP contribution in [0, 0.1) is 5.82 Å². The average Bonchev–Trinajstić information content (AvgIpc) is 2.30. The minimum absolute atomic E-state index is 0.0926. The van der Waals surface area contributed by atoms with Crippen LogP contribution in [0.15, 0.2) is 18.2 Å². The van der Waals surface area contributed by atoms with Gasteiger partial charge < -0.3 is 10.2 Å². The van der Waals surface area contributed by atoms with E-state index in [-0.39, 0.29) is 5.82 Å². The SMILES string of the molecule is CC(C)c1ccc(N2CCNC[C@H]2C)c(F)c1. The molecule has 0 spiro atoms. The number of nitrogens with one attached hydrogen (secondary N) is 1. The van der Waals surface area contributed by atoms with E-state index in [9.17, 15) is 4.39 Å². The second-order valence-electron chi connectivity index (χ2n) is 5.11. The van der Waals surface area contributed by atoms with E-state index in [1.807, 2.05) is 12.1 Å². The van der Waals surface area contributed by atoms with Gasteiger partial charge in [-0.1, -0.05) is 19.9 Å². The fourth-order valence-electron chi connectivity index (χ4n) is 2.31. The van der Waals surface area contributed by atoms with E-state index in [0.717, 1.165) is 30.9 Å². The van der Waals surface area contributed by atoms with Gasteiger partial charge in [0.05, 0.1) is 5.69 Å². The fourth-order valence-corrected chi connectivity index (χ4v) is 2.31. The second-order valence-corrected chi connectivity index (χ2v) is 5.11. The smallest absolute Gasteiger partial charge is 0.146 e. The van der Waals surface area contributed by atoms with Crippen molar-refractivity contribution in [1.29, 1.82) is 0 Å². The van der Waals surface area contributed by atoms with Crippen LogP contribution in [0.2, 0.25) is 0 Å². The Labute approximate surface area is 103 Å². The first-order chi connectivity index (χ1) is 8.09. The Morgan fingerprint density at radius 1 is 1.41 bits per heavy atom. The zero-order chi connectivity index (χ0) is 12.4. The maximum absolute atomic E-state index is 14.1. The standard InChI is InChI=1S/C14H21FN2/c1-10(2)12-4-5-14(13(15)8-12)17-7-6-16-9-11(17)3/h4-5,8,10-11,16H,6-7,9H2,1-3H3/t11-/m1/s1. The first-order valence-corrected chi connectivity index (χ1v) is 6.36. The molecule has 2 rings (SSSR count). The monoisotopic (exact) mass is 236 g/mol. The lowest BCUT2D eigenvalue weighted by Gasteiger charge is -2.36. The van der Waals surface area contributed by atoms with Crippen LogP contribution in [-0.4, -0.2) is 25.7 Å². The predicted octanol–water partition coefficient (Wildman–Crippen LogP) is 2.75. The molecule has 1 aromatic rings. The van der Waals surface area contributed by atoms with Crippen molar-refractivity contribution in [1.82, 2.24) is 5.32 Å². The van der Waals surface area contributed by atoms with Gasteiger partial charge in [-0.05, 0) is 30.5 Å². The molecule has 0 saturated carbocycles. The van der Waals surface area contributed by atoms with E-state index in [1.165, 1.54) is 0 Å². The molecule has 0 aromatic heterocycles. The Morgan fingerprint density at radius 3 is 2.76 bits per heavy atom. The minimum Gasteiger partial charge on any atom is -0.364 e. The molecular formula is C14H21FN2. The van der Waals surface area contributed by atoms with E-state index in [4.69, 9.17) is 0 Å². The molecule has 1 aromatic carbocycles. The maximum atomic E-state index is 14.1. The molecule has 1 N–H and O–H groups in total. The van der Waals surface area contributed by atoms with Gasteiger partial charge in [0.2, 0.25) is 0 Å². The Kier molecular flexibility index (Phi) is 3.67. The van der Waals surface area contributed by atoms with Crippen LogP contribution < -0.4 is 10.2 Å². The molecule has 1 fully saturated rings. The number of piperazine rings is 1. The van der Waals surface area contributed by atoms with Crippen LogP contribution in [0.5, 0.6) is 0 Å². The summed E-state index contributed by atoms with van der Waals surface area (Å²) in [6.07, 6.45) is 0. The first-order valence-electron chi connectivity index (χ1n) is 6.36. The zero-order valence-electron chi connectivity index (χ0n) is 10.8. The largest absolute Gasteiger partial charge is 0.364 e. The molecule has 1 aliphatic rings. The number of halogens is 1. The van der Waals surface area contributed by atoms with Gasteiger partial charge in [-0.3, -0.25) is 0 Å². The summed E-state index contributed by atoms with van der Waals surface area (Å²) in [6.45, 7) is 9.02. The molecule has 0 bridgehead atoms. The highest BCUT2D eigenvalue weighted by Crippen LogP contribution is 2.26. The molecule has 1 heterocycles. The molecule has 2 nitrogen and oxygen atoms in total. The lowest BCUT2D eigenvalue weighted by molar-refractivity contribution is 0.490. The molecule has 17 heavy (non-hydrogen) atoms. The topological polar surface area (TPSA) is 15.3 Å². The van der Waals surface area contributed by atoms with Gasteiger partial charge in [0.25, 0.3) is 0 Å². The van der Waals surface area contributed by atoms with E-state index < -0.39 is 0 Å². The summed E-state index contributed by atoms with van der Waals surface area (Å²) in [4.78, 5) is 2.15. The average molecular weight is 236 g/mol. The summed E-state index contributed by atoms with van der Waals surface area (Å²) in [5, 5.41) is 3.32. The highest BCUT2D eigenvalue weighted by Gasteiger charge is 2.21. The molecule has 1 saturated heterocycles. The van der Waals surface area contributed by atoms with E-state index in [0.29, 0.717) is 12.0 Å². The van der Waals surface area contributed by atoms with Crippen molar-refractivity contribution < 1.29 is 4.39 Å². The van der Waals surface area contributed by atoms with Crippen LogP contribution in [-0.2, 0) is 0 Å². The van der Waals surface area contributed by atoms with Crippen LogP contribution in [0.25, 0.3) is 0 Å². The highest BCUT2D eigenvalue weighted by atomic mass is 19.1. The fraction of sp³-hybridized carbons (Fsp3) is 0.571. The number of anilines is 1. The summed E-state index contributed by atoms with van der Waals surface area (Å²) >= 11 is 0. The normalized spacial score (nSPS) is 21.0. The molecule has 0 aliphatic carbocycles. The van der Waals surface area contributed by atoms with Crippen LogP contribution in [0.1, 0.15) is 32.3 Å². The summed E-state index contributed by atoms with van der Waals surface area (Å²) in [6, 6.07) is 5.99. The summed E-state index contributed by atoms with van der Waals surface area (Å²) in [7, 11) is 0. The van der Waals surface area contributed by atoms with Gasteiger partial charge in [0.15, 0.2) is 0 Å². The third kappa shape index (κ3) is 2.60. The van der Waals surface area contributed by atoms with Crippen molar-refractivity contribution in [3.63, 3.8) is 0 Å². The van der Waals surface area contributed by atoms with Gasteiger partial charge in [0, 0.05) is 25.7 Å². The van der Waals surface area contributed by atoms with Crippen molar-refractivity contribution in [2.45, 2.75) is 32.7 Å². The number of benzene rings is 1. The zero-order valence-corrected chi connectivity index (χ0v) is 10.8. The Balaban J connectivity index is 2.26. The Hall–Kier alpha value is -1.09. The predicted molar refractivity (Wildman–Crippen MR) is 70.2 cm³/mol. The summed E-state index contributed by atoms with van der Waals surface area (Å²) < 4.78 is 14.1. The van der Waals surface area contributed by atoms with Crippen molar-refractivity contribution in [3.05, 3.63) is 29.6 Å². The van der Waals surface area contributed by atoms with Crippen molar-refractivity contribution in [3.8, 4) is 0 Å². The number of hydrogen-bond donors (Lipinski definition) is 1. The van der Waals surface area contributed by atoms with Gasteiger partial charge in [0.1, 0.15) is 5.82 Å². The summed E-state index contributed by atoms with van der Waals surface area (Å²) in [5.74, 6) is 0.281. The van der Waals surface area contributed by atoms with Crippen molar-refractivity contribution >= 4 is 5.69 Å². The lowest BCUT2D eigenvalue weighted by Crippen LogP contribution is -2.50. The Morgan fingerprint density at radius 2 is 2.18 bits per heavy atom. The highest BCUT2D eigenvalue weighted by molar-refractivity contribution is 5.51. The van der Waals surface area contributed by atoms with Gasteiger partial charge in [-0.25, -0.2) is 4.39 Å². The van der Waals surface area contributed by atoms with Crippen LogP contribution in [0.4, 0.5) is 10.1 Å². The van der Waals surface area contributed by atoms with Crippen molar-refractivity contribution in [2.24, 2.45) is 0 Å². The summed E-state index contributed by atoms with van der Waals surface area (Å²) in [5.41, 5.74) is 1.80. The van der Waals surface area contributed by atoms with Gasteiger partial charge in [-0.15, -0.1) is 0 Å². The number of rotatable bonds is 2. The molecule has 3 heteroatoms. The molecule has 1 atom stereocenters. The lowest BCUT2D eigenvalue weighted by atomic mass is 10.0. The number of nitrogens with zero attached hydrogens (tertiary/aromatic N) is 1. The molecule has 0 radical (unpaired) electrons. The first kappa shape index (κ1) is 12.4. The molecule has 1 aliphatic heterocycles. The van der Waals surface area contributed by atoms with E-state index >= 15 is 0 Å². The van der Waals surface area contributed by atoms with E-state index in [1.54, 1.807) is 6.07 Å². The van der Waals surface area contributed by atoms with E-state index in [2.05, 4.69) is 31.0 Å². The number of hydrogen-bond acceptors (Lipinski definition) is 2. The third-order valence-corrected chi connectivity index (χ3v) is 3.45. The molecule has 0 unspecified atom stereocenters. The minimum atomic E-state index is -0.0926. The third-order valence-electron chi connectivity index (χ3n) is 3.45. The molecule has 94 valence electrons. The molecular weight excluding hydrogens is 215 g/mol. The van der Waals surface area contributed by atoms with Gasteiger partial charge >= 0.3 is 0 Å². The maximum Gasteiger partial charge on any atom is 0.146 e. The van der Waals surface area contributed by atoms with Crippen molar-refractivity contribution in [2.75, 3.05) is 24.5 Å². The van der Waals surface area contributed by atoms with Crippen LogP contribution in [0.3, 0.4) is 0 Å². The van der Waals surface area contributed by atoms with Gasteiger partial charge in [-0.2, -0.15) is 0 Å². The quantitative estimate of drug-likeness (QED) is 0.849.